The average molecular weight is 473 g/mol. The number of hydrogen-bond acceptors (Lipinski definition) is 8. The predicted molar refractivity (Wildman–Crippen MR) is 113 cm³/mol. The number of hydrogen-bond donors (Lipinski definition) is 8. The number of aliphatic hydroxyl groups excluding tert-OH is 1. The lowest BCUT2D eigenvalue weighted by atomic mass is 10.1. The molecular weight excluding hydrogens is 442 g/mol. The van der Waals surface area contributed by atoms with Gasteiger partial charge in [-0.15, -0.1) is 0 Å². The van der Waals surface area contributed by atoms with Crippen LogP contribution in [0.4, 0.5) is 0 Å². The summed E-state index contributed by atoms with van der Waals surface area (Å²) in [6.07, 6.45) is 0.346. The molecule has 15 heteroatoms. The van der Waals surface area contributed by atoms with Gasteiger partial charge in [0.15, 0.2) is 5.96 Å². The molecule has 1 heterocycles. The van der Waals surface area contributed by atoms with E-state index in [1.165, 1.54) is 0 Å². The second-order valence-corrected chi connectivity index (χ2v) is 7.49. The van der Waals surface area contributed by atoms with Gasteiger partial charge in [-0.3, -0.25) is 24.2 Å². The van der Waals surface area contributed by atoms with Crippen molar-refractivity contribution in [3.63, 3.8) is 0 Å². The molecule has 1 rings (SSSR count). The van der Waals surface area contributed by atoms with E-state index in [0.29, 0.717) is 6.42 Å². The zero-order valence-electron chi connectivity index (χ0n) is 18.0. The lowest BCUT2D eigenvalue weighted by Gasteiger charge is -2.28. The zero-order valence-corrected chi connectivity index (χ0v) is 18.0. The molecule has 0 radical (unpaired) electrons. The third kappa shape index (κ3) is 8.89. The number of likely N-dealkylation sites (tertiary alicyclic amines) is 1. The first-order valence-electron chi connectivity index (χ1n) is 10.3. The Morgan fingerprint density at radius 2 is 1.76 bits per heavy atom. The van der Waals surface area contributed by atoms with Gasteiger partial charge in [0.1, 0.15) is 18.1 Å². The number of carbonyl (C=O) groups is 5. The van der Waals surface area contributed by atoms with Crippen LogP contribution in [0, 0.1) is 0 Å². The number of nitrogens with one attached hydrogen (secondary N) is 2. The summed E-state index contributed by atoms with van der Waals surface area (Å²) in [5, 5.41) is 32.2. The number of guanidine groups is 1. The van der Waals surface area contributed by atoms with Crippen molar-refractivity contribution < 1.29 is 39.3 Å². The minimum absolute atomic E-state index is 0.00365. The van der Waals surface area contributed by atoms with Crippen molar-refractivity contribution in [2.75, 3.05) is 19.7 Å². The third-order valence-electron chi connectivity index (χ3n) is 4.93. The van der Waals surface area contributed by atoms with Gasteiger partial charge in [-0.05, 0) is 25.7 Å². The standard InChI is InChI=1S/C18H31N7O8/c19-9(7-13(27)28)16(31)25-6-2-4-12(25)15(30)24-11(8-26)14(29)23-10(17(32)33)3-1-5-22-18(20)21/h9-12,26H,1-8,19H2,(H,23,29)(H,24,30)(H,27,28)(H,32,33)(H4,20,21,22). The van der Waals surface area contributed by atoms with Gasteiger partial charge in [0.05, 0.1) is 19.1 Å². The summed E-state index contributed by atoms with van der Waals surface area (Å²) < 4.78 is 0. The van der Waals surface area contributed by atoms with E-state index >= 15 is 0 Å². The Labute approximate surface area is 189 Å². The van der Waals surface area contributed by atoms with Gasteiger partial charge in [-0.2, -0.15) is 0 Å². The van der Waals surface area contributed by atoms with Crippen molar-refractivity contribution in [3.8, 4) is 0 Å². The molecule has 0 aromatic rings. The van der Waals surface area contributed by atoms with Crippen LogP contribution in [0.2, 0.25) is 0 Å². The van der Waals surface area contributed by atoms with E-state index in [1.54, 1.807) is 0 Å². The van der Waals surface area contributed by atoms with E-state index in [1.807, 2.05) is 0 Å². The highest BCUT2D eigenvalue weighted by atomic mass is 16.4. The van der Waals surface area contributed by atoms with E-state index < -0.39 is 66.9 Å². The van der Waals surface area contributed by atoms with Crippen molar-refractivity contribution in [1.29, 1.82) is 0 Å². The number of nitrogens with two attached hydrogens (primary N) is 3. The number of nitrogens with zero attached hydrogens (tertiary/aromatic N) is 2. The minimum atomic E-state index is -1.47. The molecule has 0 aromatic carbocycles. The summed E-state index contributed by atoms with van der Waals surface area (Å²) in [4.78, 5) is 64.6. The summed E-state index contributed by atoms with van der Waals surface area (Å²) in [5.74, 6) is -5.14. The molecule has 0 saturated carbocycles. The molecule has 3 amide bonds. The quantitative estimate of drug-likeness (QED) is 0.0723. The second-order valence-electron chi connectivity index (χ2n) is 7.49. The van der Waals surface area contributed by atoms with Crippen LogP contribution in [0.15, 0.2) is 4.99 Å². The summed E-state index contributed by atoms with van der Waals surface area (Å²) in [6.45, 7) is -0.494. The Bertz CT molecular complexity index is 771. The molecule has 1 fully saturated rings. The summed E-state index contributed by atoms with van der Waals surface area (Å²) in [5.41, 5.74) is 16.0. The molecule has 0 aromatic heterocycles. The summed E-state index contributed by atoms with van der Waals surface area (Å²) >= 11 is 0. The molecule has 15 nitrogen and oxygen atoms in total. The number of carboxylic acid groups (broad SMARTS) is 2. The number of aliphatic imine (C=N–C) groups is 1. The van der Waals surface area contributed by atoms with Gasteiger partial charge in [-0.25, -0.2) is 4.79 Å². The van der Waals surface area contributed by atoms with Crippen molar-refractivity contribution in [1.82, 2.24) is 15.5 Å². The van der Waals surface area contributed by atoms with E-state index in [0.717, 1.165) is 4.90 Å². The number of aliphatic carboxylic acids is 2. The largest absolute Gasteiger partial charge is 0.481 e. The molecular formula is C18H31N7O8. The van der Waals surface area contributed by atoms with E-state index in [2.05, 4.69) is 15.6 Å². The van der Waals surface area contributed by atoms with Gasteiger partial charge in [-0.1, -0.05) is 0 Å². The van der Waals surface area contributed by atoms with Crippen LogP contribution in [-0.4, -0.2) is 99.7 Å². The summed E-state index contributed by atoms with van der Waals surface area (Å²) in [7, 11) is 0. The molecule has 1 aliphatic rings. The number of amides is 3. The van der Waals surface area contributed by atoms with Crippen molar-refractivity contribution in [2.45, 2.75) is 56.3 Å². The van der Waals surface area contributed by atoms with E-state index in [-0.39, 0.29) is 38.3 Å². The van der Waals surface area contributed by atoms with Crippen LogP contribution in [0.1, 0.15) is 32.1 Å². The Balaban J connectivity index is 2.74. The Kier molecular flexibility index (Phi) is 11.0. The van der Waals surface area contributed by atoms with Gasteiger partial charge >= 0.3 is 11.9 Å². The molecule has 4 atom stereocenters. The first-order chi connectivity index (χ1) is 15.5. The Morgan fingerprint density at radius 3 is 2.30 bits per heavy atom. The molecule has 4 unspecified atom stereocenters. The van der Waals surface area contributed by atoms with Gasteiger partial charge < -0.3 is 48.1 Å². The topological polar surface area (TPSA) is 264 Å². The lowest BCUT2D eigenvalue weighted by Crippen LogP contribution is -2.57. The van der Waals surface area contributed by atoms with Crippen LogP contribution >= 0.6 is 0 Å². The molecule has 33 heavy (non-hydrogen) atoms. The molecule has 1 aliphatic heterocycles. The number of carboxylic acids is 2. The highest BCUT2D eigenvalue weighted by molar-refractivity contribution is 5.95. The van der Waals surface area contributed by atoms with Crippen LogP contribution in [-0.2, 0) is 24.0 Å². The van der Waals surface area contributed by atoms with Crippen molar-refractivity contribution in [2.24, 2.45) is 22.2 Å². The maximum Gasteiger partial charge on any atom is 0.326 e. The van der Waals surface area contributed by atoms with Gasteiger partial charge in [0.2, 0.25) is 17.7 Å². The monoisotopic (exact) mass is 473 g/mol. The summed E-state index contributed by atoms with van der Waals surface area (Å²) in [6, 6.07) is -5.12. The van der Waals surface area contributed by atoms with Crippen LogP contribution < -0.4 is 27.8 Å². The number of aliphatic hydroxyl groups is 1. The van der Waals surface area contributed by atoms with Gasteiger partial charge in [0, 0.05) is 13.1 Å². The second kappa shape index (κ2) is 13.2. The smallest absolute Gasteiger partial charge is 0.326 e. The van der Waals surface area contributed by atoms with Gasteiger partial charge in [0.25, 0.3) is 0 Å². The normalized spacial score (nSPS) is 18.0. The van der Waals surface area contributed by atoms with Crippen molar-refractivity contribution >= 4 is 35.6 Å². The zero-order chi connectivity index (χ0) is 25.1. The SMILES string of the molecule is NC(N)=NCCCC(NC(=O)C(CO)NC(=O)C1CCCN1C(=O)C(N)CC(=O)O)C(=O)O. The first-order valence-corrected chi connectivity index (χ1v) is 10.3. The highest BCUT2D eigenvalue weighted by Crippen LogP contribution is 2.19. The molecule has 11 N–H and O–H groups in total. The predicted octanol–water partition coefficient (Wildman–Crippen LogP) is -4.12. The molecule has 0 spiro atoms. The number of carbonyl (C=O) groups excluding carboxylic acids is 3. The average Bonchev–Trinajstić information content (AvgIpc) is 3.22. The minimum Gasteiger partial charge on any atom is -0.481 e. The van der Waals surface area contributed by atoms with E-state index in [4.69, 9.17) is 22.3 Å². The fourth-order valence-corrected chi connectivity index (χ4v) is 3.29. The fraction of sp³-hybridized carbons (Fsp3) is 0.667. The third-order valence-corrected chi connectivity index (χ3v) is 4.93. The van der Waals surface area contributed by atoms with E-state index in [9.17, 15) is 34.2 Å². The maximum absolute atomic E-state index is 12.7. The highest BCUT2D eigenvalue weighted by Gasteiger charge is 2.38. The Morgan fingerprint density at radius 1 is 1.09 bits per heavy atom. The Hall–Kier alpha value is -3.46. The fourth-order valence-electron chi connectivity index (χ4n) is 3.29. The van der Waals surface area contributed by atoms with Crippen LogP contribution in [0.5, 0.6) is 0 Å². The lowest BCUT2D eigenvalue weighted by molar-refractivity contribution is -0.144. The molecule has 0 aliphatic carbocycles. The van der Waals surface area contributed by atoms with Crippen LogP contribution in [0.3, 0.4) is 0 Å². The first kappa shape index (κ1) is 27.6. The van der Waals surface area contributed by atoms with Crippen molar-refractivity contribution in [3.05, 3.63) is 0 Å². The number of rotatable bonds is 13. The molecule has 186 valence electrons. The molecule has 1 saturated heterocycles. The van der Waals surface area contributed by atoms with Crippen LogP contribution in [0.25, 0.3) is 0 Å². The maximum atomic E-state index is 12.7. The molecule has 0 bridgehead atoms.